The minimum absolute atomic E-state index is 0. The van der Waals surface area contributed by atoms with Crippen LogP contribution >= 0.6 is 11.6 Å². The SMILES string of the molecule is Clc1ccc2[c-]c[nH]c2c1.[I-].[Mg+2]. The van der Waals surface area contributed by atoms with Crippen LogP contribution in [0.4, 0.5) is 0 Å². The van der Waals surface area contributed by atoms with Crippen LogP contribution in [0.25, 0.3) is 10.9 Å². The van der Waals surface area contributed by atoms with Crippen LogP contribution in [0.3, 0.4) is 0 Å². The molecular weight excluding hydrogens is 297 g/mol. The molecule has 1 aromatic heterocycles. The summed E-state index contributed by atoms with van der Waals surface area (Å²) in [6.07, 6.45) is 1.78. The van der Waals surface area contributed by atoms with Crippen molar-refractivity contribution in [2.75, 3.05) is 0 Å². The summed E-state index contributed by atoms with van der Waals surface area (Å²) in [5.41, 5.74) is 1.03. The fourth-order valence-corrected chi connectivity index (χ4v) is 1.13. The summed E-state index contributed by atoms with van der Waals surface area (Å²) in [5, 5.41) is 1.83. The van der Waals surface area contributed by atoms with E-state index in [1.54, 1.807) is 6.20 Å². The van der Waals surface area contributed by atoms with Crippen molar-refractivity contribution >= 4 is 45.6 Å². The van der Waals surface area contributed by atoms with Gasteiger partial charge in [-0.25, -0.2) is 0 Å². The molecule has 0 saturated heterocycles. The van der Waals surface area contributed by atoms with E-state index in [9.17, 15) is 0 Å². The van der Waals surface area contributed by atoms with Crippen molar-refractivity contribution in [1.82, 2.24) is 4.98 Å². The number of aromatic nitrogens is 1. The molecule has 1 heterocycles. The van der Waals surface area contributed by atoms with Gasteiger partial charge in [0.2, 0.25) is 0 Å². The fraction of sp³-hybridized carbons (Fsp3) is 0. The van der Waals surface area contributed by atoms with E-state index < -0.39 is 0 Å². The van der Waals surface area contributed by atoms with Crippen LogP contribution in [0, 0.1) is 6.07 Å². The molecule has 0 amide bonds. The Morgan fingerprint density at radius 3 is 2.83 bits per heavy atom. The van der Waals surface area contributed by atoms with Gasteiger partial charge < -0.3 is 29.0 Å². The maximum Gasteiger partial charge on any atom is 2.00 e. The zero-order valence-corrected chi connectivity index (χ0v) is 10.6. The molecule has 0 radical (unpaired) electrons. The quantitative estimate of drug-likeness (QED) is 0.374. The topological polar surface area (TPSA) is 15.8 Å². The summed E-state index contributed by atoms with van der Waals surface area (Å²) >= 11 is 5.74. The summed E-state index contributed by atoms with van der Waals surface area (Å²) in [5.74, 6) is 0. The van der Waals surface area contributed by atoms with Gasteiger partial charge in [0.15, 0.2) is 0 Å². The third-order valence-electron chi connectivity index (χ3n) is 1.44. The Kier molecular flexibility index (Phi) is 5.56. The third-order valence-corrected chi connectivity index (χ3v) is 1.67. The van der Waals surface area contributed by atoms with Crippen molar-refractivity contribution in [1.29, 1.82) is 0 Å². The molecule has 4 heteroatoms. The smallest absolute Gasteiger partial charge is 1.00 e. The zero-order chi connectivity index (χ0) is 6.97. The van der Waals surface area contributed by atoms with E-state index in [4.69, 9.17) is 11.6 Å². The predicted molar refractivity (Wildman–Crippen MR) is 47.9 cm³/mol. The van der Waals surface area contributed by atoms with Crippen molar-refractivity contribution in [3.63, 3.8) is 0 Å². The molecule has 1 nitrogen and oxygen atoms in total. The number of H-pyrrole nitrogens is 1. The zero-order valence-electron chi connectivity index (χ0n) is 6.27. The first-order valence-electron chi connectivity index (χ1n) is 3.00. The Balaban J connectivity index is 0.000000605. The van der Waals surface area contributed by atoms with Gasteiger partial charge in [0, 0.05) is 5.02 Å². The molecule has 1 aromatic carbocycles. The Labute approximate surface area is 109 Å². The molecular formula is C8H5ClIMgN. The number of nitrogens with one attached hydrogen (secondary N) is 1. The van der Waals surface area contributed by atoms with Gasteiger partial charge in [0.25, 0.3) is 0 Å². The molecule has 0 saturated carbocycles. The molecule has 0 spiro atoms. The second-order valence-corrected chi connectivity index (χ2v) is 2.56. The van der Waals surface area contributed by atoms with Crippen LogP contribution < -0.4 is 24.0 Å². The molecule has 1 N–H and O–H groups in total. The van der Waals surface area contributed by atoms with E-state index in [1.165, 1.54) is 0 Å². The third kappa shape index (κ3) is 2.52. The van der Waals surface area contributed by atoms with Crippen LogP contribution in [0.1, 0.15) is 0 Å². The number of rotatable bonds is 0. The minimum Gasteiger partial charge on any atom is -1.00 e. The van der Waals surface area contributed by atoms with E-state index in [2.05, 4.69) is 11.1 Å². The molecule has 58 valence electrons. The molecule has 12 heavy (non-hydrogen) atoms. The first kappa shape index (κ1) is 12.5. The molecule has 0 aliphatic rings. The standard InChI is InChI=1S/C8H5ClN.HI.Mg/c9-7-2-1-6-3-4-10-8(6)5-7;;/h1-2,4-5,10H;1H;/q-1;;+2/p-1. The van der Waals surface area contributed by atoms with Crippen LogP contribution in [-0.4, -0.2) is 28.0 Å². The van der Waals surface area contributed by atoms with Crippen LogP contribution in [-0.2, 0) is 0 Å². The molecule has 2 rings (SSSR count). The average molecular weight is 302 g/mol. The Morgan fingerprint density at radius 2 is 2.08 bits per heavy atom. The van der Waals surface area contributed by atoms with E-state index >= 15 is 0 Å². The van der Waals surface area contributed by atoms with Gasteiger partial charge in [0.1, 0.15) is 0 Å². The van der Waals surface area contributed by atoms with Crippen LogP contribution in [0.15, 0.2) is 24.4 Å². The first-order valence-corrected chi connectivity index (χ1v) is 3.38. The van der Waals surface area contributed by atoms with E-state index in [1.807, 2.05) is 18.2 Å². The summed E-state index contributed by atoms with van der Waals surface area (Å²) < 4.78 is 0. The van der Waals surface area contributed by atoms with E-state index in [-0.39, 0.29) is 47.0 Å². The molecule has 0 unspecified atom stereocenters. The van der Waals surface area contributed by atoms with Gasteiger partial charge >= 0.3 is 23.1 Å². The van der Waals surface area contributed by atoms with Gasteiger partial charge in [-0.1, -0.05) is 35.4 Å². The van der Waals surface area contributed by atoms with Crippen molar-refractivity contribution in [2.24, 2.45) is 0 Å². The van der Waals surface area contributed by atoms with Crippen molar-refractivity contribution in [3.05, 3.63) is 35.5 Å². The second-order valence-electron chi connectivity index (χ2n) is 2.12. The summed E-state index contributed by atoms with van der Waals surface area (Å²) in [7, 11) is 0. The number of benzene rings is 1. The Hall–Kier alpha value is 0.546. The molecule has 0 bridgehead atoms. The van der Waals surface area contributed by atoms with Gasteiger partial charge in [-0.2, -0.15) is 17.5 Å². The summed E-state index contributed by atoms with van der Waals surface area (Å²) in [6.45, 7) is 0. The molecule has 0 aliphatic carbocycles. The number of halogens is 2. The van der Waals surface area contributed by atoms with Gasteiger partial charge in [-0.05, 0) is 0 Å². The number of aromatic amines is 1. The molecule has 0 aliphatic heterocycles. The number of fused-ring (bicyclic) bond motifs is 1. The summed E-state index contributed by atoms with van der Waals surface area (Å²) in [6, 6.07) is 8.71. The number of hydrogen-bond donors (Lipinski definition) is 1. The maximum absolute atomic E-state index is 5.74. The van der Waals surface area contributed by atoms with Gasteiger partial charge in [0.05, 0.1) is 0 Å². The average Bonchev–Trinajstić information content (AvgIpc) is 2.33. The van der Waals surface area contributed by atoms with Crippen molar-refractivity contribution < 1.29 is 24.0 Å². The Bertz CT molecular complexity index is 361. The minimum atomic E-state index is 0. The predicted octanol–water partition coefficient (Wildman–Crippen LogP) is -0.755. The van der Waals surface area contributed by atoms with Crippen LogP contribution in [0.5, 0.6) is 0 Å². The van der Waals surface area contributed by atoms with Gasteiger partial charge in [-0.3, -0.25) is 0 Å². The second kappa shape index (κ2) is 5.31. The fourth-order valence-electron chi connectivity index (χ4n) is 0.953. The summed E-state index contributed by atoms with van der Waals surface area (Å²) in [4.78, 5) is 3.02. The molecule has 0 atom stereocenters. The molecule has 0 fully saturated rings. The van der Waals surface area contributed by atoms with Crippen molar-refractivity contribution in [3.8, 4) is 0 Å². The van der Waals surface area contributed by atoms with E-state index in [0.717, 1.165) is 15.9 Å². The normalized spacial score (nSPS) is 8.75. The van der Waals surface area contributed by atoms with Crippen molar-refractivity contribution in [2.45, 2.75) is 0 Å². The largest absolute Gasteiger partial charge is 2.00 e. The molecule has 2 aromatic rings. The Morgan fingerprint density at radius 1 is 1.33 bits per heavy atom. The van der Waals surface area contributed by atoms with Gasteiger partial charge in [-0.15, -0.1) is 0 Å². The monoisotopic (exact) mass is 301 g/mol. The van der Waals surface area contributed by atoms with Crippen LogP contribution in [0.2, 0.25) is 5.02 Å². The van der Waals surface area contributed by atoms with E-state index in [0.29, 0.717) is 0 Å². The first-order chi connectivity index (χ1) is 4.86. The maximum atomic E-state index is 5.74. The number of hydrogen-bond acceptors (Lipinski definition) is 0.